The van der Waals surface area contributed by atoms with E-state index in [2.05, 4.69) is 44.5 Å². The maximum atomic E-state index is 13.6. The highest BCUT2D eigenvalue weighted by Crippen LogP contribution is 2.26. The van der Waals surface area contributed by atoms with Crippen molar-refractivity contribution in [3.05, 3.63) is 89.5 Å². The quantitative estimate of drug-likeness (QED) is 0.483. The van der Waals surface area contributed by atoms with Crippen LogP contribution in [-0.2, 0) is 4.79 Å². The number of aromatic nitrogens is 2. The Balaban J connectivity index is 1.42. The van der Waals surface area contributed by atoms with Crippen LogP contribution in [0.4, 0.5) is 4.39 Å². The summed E-state index contributed by atoms with van der Waals surface area (Å²) < 4.78 is 24.2. The van der Waals surface area contributed by atoms with Gasteiger partial charge < -0.3 is 14.8 Å². The summed E-state index contributed by atoms with van der Waals surface area (Å²) in [5, 5.41) is 3.09. The first-order valence-electron chi connectivity index (χ1n) is 12.0. The SMILES string of the molecule is COc1cc(OC)nc(C(NC(=O)C2CCN(C/C=C/c3ccccc3)CC2)c2ccc(F)cc2)n1. The van der Waals surface area contributed by atoms with E-state index in [1.54, 1.807) is 18.2 Å². The Hall–Kier alpha value is -3.78. The molecule has 4 rings (SSSR count). The first-order valence-corrected chi connectivity index (χ1v) is 12.0. The molecule has 1 aromatic heterocycles. The van der Waals surface area contributed by atoms with Crippen LogP contribution in [-0.4, -0.2) is 54.6 Å². The van der Waals surface area contributed by atoms with E-state index in [1.165, 1.54) is 31.9 Å². The van der Waals surface area contributed by atoms with Crippen LogP contribution in [0.15, 0.2) is 66.7 Å². The van der Waals surface area contributed by atoms with Gasteiger partial charge in [-0.05, 0) is 49.2 Å². The fourth-order valence-electron chi connectivity index (χ4n) is 4.25. The van der Waals surface area contributed by atoms with Crippen LogP contribution < -0.4 is 14.8 Å². The largest absolute Gasteiger partial charge is 0.481 e. The van der Waals surface area contributed by atoms with Crippen molar-refractivity contribution in [3.63, 3.8) is 0 Å². The molecule has 2 aromatic carbocycles. The number of rotatable bonds is 9. The molecule has 7 nitrogen and oxygen atoms in total. The average Bonchev–Trinajstić information content (AvgIpc) is 2.93. The number of nitrogens with zero attached hydrogens (tertiary/aromatic N) is 3. The Morgan fingerprint density at radius 2 is 1.69 bits per heavy atom. The Morgan fingerprint density at radius 3 is 2.31 bits per heavy atom. The lowest BCUT2D eigenvalue weighted by molar-refractivity contribution is -0.127. The van der Waals surface area contributed by atoms with Gasteiger partial charge in [0.1, 0.15) is 11.9 Å². The van der Waals surface area contributed by atoms with Crippen molar-refractivity contribution in [2.24, 2.45) is 5.92 Å². The second-order valence-electron chi connectivity index (χ2n) is 8.69. The molecule has 1 aliphatic heterocycles. The Labute approximate surface area is 211 Å². The summed E-state index contributed by atoms with van der Waals surface area (Å²) in [5.74, 6) is 0.380. The van der Waals surface area contributed by atoms with Crippen molar-refractivity contribution < 1.29 is 18.7 Å². The number of likely N-dealkylation sites (tertiary alicyclic amines) is 1. The number of methoxy groups -OCH3 is 2. The van der Waals surface area contributed by atoms with Gasteiger partial charge in [-0.25, -0.2) is 4.39 Å². The van der Waals surface area contributed by atoms with Crippen molar-refractivity contribution >= 4 is 12.0 Å². The van der Waals surface area contributed by atoms with Crippen LogP contribution in [0, 0.1) is 11.7 Å². The summed E-state index contributed by atoms with van der Waals surface area (Å²) in [5.41, 5.74) is 1.85. The molecule has 0 radical (unpaired) electrons. The van der Waals surface area contributed by atoms with E-state index < -0.39 is 6.04 Å². The van der Waals surface area contributed by atoms with Gasteiger partial charge in [0.05, 0.1) is 20.3 Å². The van der Waals surface area contributed by atoms with Crippen LogP contribution in [0.5, 0.6) is 11.8 Å². The van der Waals surface area contributed by atoms with Crippen LogP contribution in [0.3, 0.4) is 0 Å². The Kier molecular flexibility index (Phi) is 8.62. The number of halogens is 1. The molecule has 188 valence electrons. The summed E-state index contributed by atoms with van der Waals surface area (Å²) in [6.45, 7) is 2.52. The molecule has 36 heavy (non-hydrogen) atoms. The molecular weight excluding hydrogens is 459 g/mol. The minimum absolute atomic E-state index is 0.0748. The molecule has 2 heterocycles. The van der Waals surface area contributed by atoms with Gasteiger partial charge in [0, 0.05) is 12.5 Å². The maximum Gasteiger partial charge on any atom is 0.224 e. The topological polar surface area (TPSA) is 76.6 Å². The summed E-state index contributed by atoms with van der Waals surface area (Å²) in [6, 6.07) is 17.0. The highest BCUT2D eigenvalue weighted by molar-refractivity contribution is 5.79. The number of carbonyl (C=O) groups is 1. The maximum absolute atomic E-state index is 13.6. The van der Waals surface area contributed by atoms with E-state index in [0.29, 0.717) is 23.1 Å². The number of hydrogen-bond acceptors (Lipinski definition) is 6. The molecule has 1 aliphatic rings. The van der Waals surface area contributed by atoms with Crippen LogP contribution in [0.25, 0.3) is 6.08 Å². The van der Waals surface area contributed by atoms with Crippen molar-refractivity contribution in [2.45, 2.75) is 18.9 Å². The lowest BCUT2D eigenvalue weighted by Gasteiger charge is -2.31. The molecule has 8 heteroatoms. The second kappa shape index (κ2) is 12.3. The molecule has 1 fully saturated rings. The molecule has 1 amide bonds. The summed E-state index contributed by atoms with van der Waals surface area (Å²) in [7, 11) is 3.00. The van der Waals surface area contributed by atoms with Crippen molar-refractivity contribution in [2.75, 3.05) is 33.9 Å². The zero-order valence-corrected chi connectivity index (χ0v) is 20.6. The summed E-state index contributed by atoms with van der Waals surface area (Å²) in [4.78, 5) is 24.5. The molecule has 0 saturated carbocycles. The van der Waals surface area contributed by atoms with Gasteiger partial charge in [0.2, 0.25) is 17.7 Å². The summed E-state index contributed by atoms with van der Waals surface area (Å²) >= 11 is 0. The lowest BCUT2D eigenvalue weighted by atomic mass is 9.94. The molecule has 3 aromatic rings. The third kappa shape index (κ3) is 6.66. The van der Waals surface area contributed by atoms with E-state index in [1.807, 2.05) is 18.2 Å². The standard InChI is InChI=1S/C28H31FN4O3/c1-35-24-19-25(36-2)31-27(30-24)26(21-10-12-23(29)13-11-21)32-28(34)22-14-17-33(18-15-22)16-6-9-20-7-4-3-5-8-20/h3-13,19,22,26H,14-18H2,1-2H3,(H,32,34)/b9-6+. The molecule has 1 unspecified atom stereocenters. The van der Waals surface area contributed by atoms with Gasteiger partial charge in [-0.15, -0.1) is 0 Å². The first-order chi connectivity index (χ1) is 17.6. The fraction of sp³-hybridized carbons (Fsp3) is 0.321. The number of nitrogens with one attached hydrogen (secondary N) is 1. The van der Waals surface area contributed by atoms with E-state index >= 15 is 0 Å². The van der Waals surface area contributed by atoms with Crippen LogP contribution >= 0.6 is 0 Å². The fourth-order valence-corrected chi connectivity index (χ4v) is 4.25. The third-order valence-corrected chi connectivity index (χ3v) is 6.29. The predicted octanol–water partition coefficient (Wildman–Crippen LogP) is 4.26. The number of amides is 1. The van der Waals surface area contributed by atoms with Crippen LogP contribution in [0.1, 0.15) is 35.8 Å². The molecule has 1 saturated heterocycles. The molecule has 0 aliphatic carbocycles. The number of hydrogen-bond donors (Lipinski definition) is 1. The van der Waals surface area contributed by atoms with E-state index in [9.17, 15) is 9.18 Å². The monoisotopic (exact) mass is 490 g/mol. The van der Waals surface area contributed by atoms with E-state index in [-0.39, 0.29) is 17.6 Å². The minimum atomic E-state index is -0.672. The number of piperidine rings is 1. The molecular formula is C28H31FN4O3. The molecule has 1 N–H and O–H groups in total. The lowest BCUT2D eigenvalue weighted by Crippen LogP contribution is -2.42. The van der Waals surface area contributed by atoms with Gasteiger partial charge in [0.15, 0.2) is 5.82 Å². The zero-order valence-electron chi connectivity index (χ0n) is 20.6. The first kappa shape index (κ1) is 25.3. The van der Waals surface area contributed by atoms with E-state index in [0.717, 1.165) is 32.5 Å². The highest BCUT2D eigenvalue weighted by Gasteiger charge is 2.29. The normalized spacial score (nSPS) is 15.5. The van der Waals surface area contributed by atoms with Crippen LogP contribution in [0.2, 0.25) is 0 Å². The Bertz CT molecular complexity index is 1140. The Morgan fingerprint density at radius 1 is 1.06 bits per heavy atom. The average molecular weight is 491 g/mol. The molecule has 0 bridgehead atoms. The molecule has 1 atom stereocenters. The van der Waals surface area contributed by atoms with Crippen molar-refractivity contribution in [1.82, 2.24) is 20.2 Å². The van der Waals surface area contributed by atoms with Gasteiger partial charge >= 0.3 is 0 Å². The van der Waals surface area contributed by atoms with Gasteiger partial charge in [0.25, 0.3) is 0 Å². The third-order valence-electron chi connectivity index (χ3n) is 6.29. The minimum Gasteiger partial charge on any atom is -0.481 e. The smallest absolute Gasteiger partial charge is 0.224 e. The van der Waals surface area contributed by atoms with Gasteiger partial charge in [-0.1, -0.05) is 54.6 Å². The number of carbonyl (C=O) groups excluding carboxylic acids is 1. The second-order valence-corrected chi connectivity index (χ2v) is 8.69. The molecule has 0 spiro atoms. The van der Waals surface area contributed by atoms with Crippen molar-refractivity contribution in [3.8, 4) is 11.8 Å². The van der Waals surface area contributed by atoms with Crippen molar-refractivity contribution in [1.29, 1.82) is 0 Å². The number of benzene rings is 2. The summed E-state index contributed by atoms with van der Waals surface area (Å²) in [6.07, 6.45) is 5.79. The predicted molar refractivity (Wildman–Crippen MR) is 136 cm³/mol. The zero-order chi connectivity index (χ0) is 25.3. The van der Waals surface area contributed by atoms with Gasteiger partial charge in [-0.3, -0.25) is 9.69 Å². The van der Waals surface area contributed by atoms with E-state index in [4.69, 9.17) is 9.47 Å². The van der Waals surface area contributed by atoms with Gasteiger partial charge in [-0.2, -0.15) is 9.97 Å². The highest BCUT2D eigenvalue weighted by atomic mass is 19.1. The number of ether oxygens (including phenoxy) is 2.